The molecule has 1 atom stereocenters. The lowest BCUT2D eigenvalue weighted by molar-refractivity contribution is 0.0546. The van der Waals surface area contributed by atoms with Gasteiger partial charge in [-0.1, -0.05) is 18.2 Å². The van der Waals surface area contributed by atoms with Crippen LogP contribution in [0.1, 0.15) is 25.5 Å². The maximum absolute atomic E-state index is 5.79. The molecule has 1 aromatic rings. The van der Waals surface area contributed by atoms with Gasteiger partial charge in [0.2, 0.25) is 0 Å². The Morgan fingerprint density at radius 1 is 1.19 bits per heavy atom. The maximum atomic E-state index is 5.79. The van der Waals surface area contributed by atoms with E-state index in [1.54, 1.807) is 0 Å². The number of rotatable bonds is 5. The molecule has 1 unspecified atom stereocenters. The minimum Gasteiger partial charge on any atom is -0.494 e. The first kappa shape index (κ1) is 14.8. The zero-order valence-electron chi connectivity index (χ0n) is 13.2. The van der Waals surface area contributed by atoms with Crippen molar-refractivity contribution in [2.45, 2.75) is 25.9 Å². The molecule has 1 N–H and O–H groups in total. The molecule has 0 amide bonds. The summed E-state index contributed by atoms with van der Waals surface area (Å²) in [6.07, 6.45) is 0. The van der Waals surface area contributed by atoms with Gasteiger partial charge in [0.1, 0.15) is 5.75 Å². The monoisotopic (exact) mass is 289 g/mol. The first-order chi connectivity index (χ1) is 10.3. The molecule has 4 heteroatoms. The molecule has 2 aliphatic rings. The summed E-state index contributed by atoms with van der Waals surface area (Å²) in [7, 11) is 0. The molecule has 0 saturated carbocycles. The SMILES string of the molecule is CCOc1ccccc1C(C)N1CCN(C2CNC2)CC1. The molecule has 2 heterocycles. The predicted molar refractivity (Wildman–Crippen MR) is 85.8 cm³/mol. The van der Waals surface area contributed by atoms with Crippen LogP contribution in [-0.2, 0) is 0 Å². The number of nitrogens with one attached hydrogen (secondary N) is 1. The van der Waals surface area contributed by atoms with Crippen LogP contribution in [0.3, 0.4) is 0 Å². The van der Waals surface area contributed by atoms with Crippen molar-refractivity contribution in [3.8, 4) is 5.75 Å². The van der Waals surface area contributed by atoms with E-state index in [4.69, 9.17) is 4.74 Å². The average Bonchev–Trinajstić information content (AvgIpc) is 2.47. The lowest BCUT2D eigenvalue weighted by atomic mass is 10.0. The van der Waals surface area contributed by atoms with Crippen molar-refractivity contribution < 1.29 is 4.74 Å². The number of hydrogen-bond donors (Lipinski definition) is 1. The lowest BCUT2D eigenvalue weighted by Gasteiger charge is -2.44. The fraction of sp³-hybridized carbons (Fsp3) is 0.647. The Hall–Kier alpha value is -1.10. The molecular weight excluding hydrogens is 262 g/mol. The molecule has 116 valence electrons. The van der Waals surface area contributed by atoms with Crippen LogP contribution in [0.5, 0.6) is 5.75 Å². The standard InChI is InChI=1S/C17H27N3O/c1-3-21-17-7-5-4-6-16(17)14(2)19-8-10-20(11-9-19)15-12-18-13-15/h4-7,14-15,18H,3,8-13H2,1-2H3. The van der Waals surface area contributed by atoms with Gasteiger partial charge in [-0.05, 0) is 19.9 Å². The Labute approximate surface area is 128 Å². The lowest BCUT2D eigenvalue weighted by Crippen LogP contribution is -2.61. The Morgan fingerprint density at radius 3 is 2.52 bits per heavy atom. The summed E-state index contributed by atoms with van der Waals surface area (Å²) in [5.74, 6) is 1.04. The van der Waals surface area contributed by atoms with E-state index in [9.17, 15) is 0 Å². The van der Waals surface area contributed by atoms with Crippen LogP contribution in [0.4, 0.5) is 0 Å². The predicted octanol–water partition coefficient (Wildman–Crippen LogP) is 1.74. The summed E-state index contributed by atoms with van der Waals surface area (Å²) in [4.78, 5) is 5.22. The maximum Gasteiger partial charge on any atom is 0.124 e. The third-order valence-electron chi connectivity index (χ3n) is 4.84. The van der Waals surface area contributed by atoms with Crippen LogP contribution in [0, 0.1) is 0 Å². The summed E-state index contributed by atoms with van der Waals surface area (Å²) in [6, 6.07) is 9.67. The zero-order chi connectivity index (χ0) is 14.7. The normalized spacial score (nSPS) is 22.8. The fourth-order valence-electron chi connectivity index (χ4n) is 3.33. The van der Waals surface area contributed by atoms with Crippen molar-refractivity contribution in [2.75, 3.05) is 45.9 Å². The van der Waals surface area contributed by atoms with Crippen molar-refractivity contribution in [1.82, 2.24) is 15.1 Å². The number of para-hydroxylation sites is 1. The smallest absolute Gasteiger partial charge is 0.124 e. The third-order valence-corrected chi connectivity index (χ3v) is 4.84. The van der Waals surface area contributed by atoms with Crippen molar-refractivity contribution in [3.05, 3.63) is 29.8 Å². The van der Waals surface area contributed by atoms with E-state index in [0.29, 0.717) is 6.04 Å². The summed E-state index contributed by atoms with van der Waals surface area (Å²) >= 11 is 0. The molecule has 2 saturated heterocycles. The quantitative estimate of drug-likeness (QED) is 0.893. The number of ether oxygens (including phenoxy) is 1. The molecule has 1 aromatic carbocycles. The van der Waals surface area contributed by atoms with Gasteiger partial charge in [-0.25, -0.2) is 0 Å². The second-order valence-corrected chi connectivity index (χ2v) is 6.03. The van der Waals surface area contributed by atoms with Gasteiger partial charge in [0.15, 0.2) is 0 Å². The van der Waals surface area contributed by atoms with Gasteiger partial charge in [0.25, 0.3) is 0 Å². The highest BCUT2D eigenvalue weighted by atomic mass is 16.5. The average molecular weight is 289 g/mol. The fourth-order valence-corrected chi connectivity index (χ4v) is 3.33. The summed E-state index contributed by atoms with van der Waals surface area (Å²) in [5.41, 5.74) is 1.32. The highest BCUT2D eigenvalue weighted by molar-refractivity contribution is 5.35. The molecule has 4 nitrogen and oxygen atoms in total. The van der Waals surface area contributed by atoms with Crippen molar-refractivity contribution in [3.63, 3.8) is 0 Å². The van der Waals surface area contributed by atoms with E-state index in [1.165, 1.54) is 31.7 Å². The van der Waals surface area contributed by atoms with Crippen LogP contribution >= 0.6 is 0 Å². The zero-order valence-corrected chi connectivity index (χ0v) is 13.2. The van der Waals surface area contributed by atoms with Gasteiger partial charge >= 0.3 is 0 Å². The van der Waals surface area contributed by atoms with Gasteiger partial charge in [0.05, 0.1) is 6.61 Å². The van der Waals surface area contributed by atoms with Crippen molar-refractivity contribution >= 4 is 0 Å². The Kier molecular flexibility index (Phi) is 4.78. The van der Waals surface area contributed by atoms with E-state index in [2.05, 4.69) is 46.3 Å². The molecule has 0 aromatic heterocycles. The largest absolute Gasteiger partial charge is 0.494 e. The molecular formula is C17H27N3O. The van der Waals surface area contributed by atoms with Gasteiger partial charge < -0.3 is 10.1 Å². The minimum absolute atomic E-state index is 0.425. The summed E-state index contributed by atoms with van der Waals surface area (Å²) < 4.78 is 5.79. The van der Waals surface area contributed by atoms with E-state index in [0.717, 1.165) is 31.5 Å². The van der Waals surface area contributed by atoms with Gasteiger partial charge in [-0.2, -0.15) is 0 Å². The molecule has 2 aliphatic heterocycles. The van der Waals surface area contributed by atoms with E-state index >= 15 is 0 Å². The van der Waals surface area contributed by atoms with Gasteiger partial charge in [-0.3, -0.25) is 9.80 Å². The van der Waals surface area contributed by atoms with E-state index in [-0.39, 0.29) is 0 Å². The number of benzene rings is 1. The van der Waals surface area contributed by atoms with Crippen LogP contribution in [0.2, 0.25) is 0 Å². The van der Waals surface area contributed by atoms with Gasteiger partial charge in [0, 0.05) is 56.9 Å². The van der Waals surface area contributed by atoms with E-state index < -0.39 is 0 Å². The number of piperazine rings is 1. The highest BCUT2D eigenvalue weighted by Gasteiger charge is 2.29. The second-order valence-electron chi connectivity index (χ2n) is 6.03. The van der Waals surface area contributed by atoms with Crippen LogP contribution in [0.15, 0.2) is 24.3 Å². The van der Waals surface area contributed by atoms with Crippen LogP contribution < -0.4 is 10.1 Å². The number of hydrogen-bond acceptors (Lipinski definition) is 4. The van der Waals surface area contributed by atoms with Crippen LogP contribution in [-0.4, -0.2) is 61.7 Å². The highest BCUT2D eigenvalue weighted by Crippen LogP contribution is 2.30. The molecule has 0 aliphatic carbocycles. The minimum atomic E-state index is 0.425. The topological polar surface area (TPSA) is 27.7 Å². The van der Waals surface area contributed by atoms with Crippen LogP contribution in [0.25, 0.3) is 0 Å². The Bertz CT molecular complexity index is 453. The second kappa shape index (κ2) is 6.77. The molecule has 3 rings (SSSR count). The summed E-state index contributed by atoms with van der Waals surface area (Å²) in [5, 5.41) is 3.37. The molecule has 2 fully saturated rings. The number of nitrogens with zero attached hydrogens (tertiary/aromatic N) is 2. The molecule has 0 spiro atoms. The van der Waals surface area contributed by atoms with Crippen molar-refractivity contribution in [1.29, 1.82) is 0 Å². The molecule has 0 radical (unpaired) electrons. The molecule has 0 bridgehead atoms. The Balaban J connectivity index is 1.62. The van der Waals surface area contributed by atoms with Crippen molar-refractivity contribution in [2.24, 2.45) is 0 Å². The summed E-state index contributed by atoms with van der Waals surface area (Å²) in [6.45, 7) is 12.1. The Morgan fingerprint density at radius 2 is 1.90 bits per heavy atom. The first-order valence-corrected chi connectivity index (χ1v) is 8.20. The first-order valence-electron chi connectivity index (χ1n) is 8.20. The molecule has 21 heavy (non-hydrogen) atoms. The van der Waals surface area contributed by atoms with E-state index in [1.807, 2.05) is 6.92 Å². The third kappa shape index (κ3) is 3.23. The van der Waals surface area contributed by atoms with Gasteiger partial charge in [-0.15, -0.1) is 0 Å².